The number of halogens is 1. The summed E-state index contributed by atoms with van der Waals surface area (Å²) in [6.45, 7) is 6.01. The predicted molar refractivity (Wildman–Crippen MR) is 102 cm³/mol. The molecule has 1 saturated heterocycles. The lowest BCUT2D eigenvalue weighted by Crippen LogP contribution is -2.49. The fraction of sp³-hybridized carbons (Fsp3) is 0.368. The van der Waals surface area contributed by atoms with Crippen LogP contribution < -0.4 is 10.2 Å². The van der Waals surface area contributed by atoms with Crippen molar-refractivity contribution in [3.8, 4) is 0 Å². The Morgan fingerprint density at radius 3 is 2.46 bits per heavy atom. The lowest BCUT2D eigenvalue weighted by molar-refractivity contribution is 0.102. The molecule has 2 heterocycles. The number of aryl methyl sites for hydroxylation is 1. The highest BCUT2D eigenvalue weighted by Crippen LogP contribution is 2.17. The van der Waals surface area contributed by atoms with Gasteiger partial charge in [0.05, 0.1) is 6.61 Å². The second-order valence-electron chi connectivity index (χ2n) is 6.29. The van der Waals surface area contributed by atoms with Gasteiger partial charge in [0.25, 0.3) is 5.91 Å². The number of carbonyl (C=O) groups is 2. The third-order valence-electron chi connectivity index (χ3n) is 4.29. The molecule has 0 saturated carbocycles. The Morgan fingerprint density at radius 2 is 1.82 bits per heavy atom. The number of carbonyl (C=O) groups excluding carboxylic acids is 2. The van der Waals surface area contributed by atoms with E-state index in [-0.39, 0.29) is 17.6 Å². The number of aromatic nitrogens is 2. The summed E-state index contributed by atoms with van der Waals surface area (Å²) in [6.07, 6.45) is -0.319. The first-order chi connectivity index (χ1) is 13.5. The molecule has 0 unspecified atom stereocenters. The number of rotatable bonds is 4. The van der Waals surface area contributed by atoms with E-state index in [2.05, 4.69) is 15.3 Å². The van der Waals surface area contributed by atoms with E-state index in [9.17, 15) is 14.0 Å². The highest BCUT2D eigenvalue weighted by molar-refractivity contribution is 6.03. The molecule has 0 atom stereocenters. The van der Waals surface area contributed by atoms with E-state index in [4.69, 9.17) is 4.74 Å². The fourth-order valence-corrected chi connectivity index (χ4v) is 2.89. The van der Waals surface area contributed by atoms with Crippen molar-refractivity contribution >= 4 is 23.5 Å². The Hall–Kier alpha value is -3.23. The first-order valence-corrected chi connectivity index (χ1v) is 9.05. The normalized spacial score (nSPS) is 14.0. The topological polar surface area (TPSA) is 87.7 Å². The Kier molecular flexibility index (Phi) is 6.03. The maximum absolute atomic E-state index is 13.0. The number of benzene rings is 1. The molecule has 0 aliphatic carbocycles. The van der Waals surface area contributed by atoms with Crippen LogP contribution in [0.1, 0.15) is 23.2 Å². The van der Waals surface area contributed by atoms with Crippen LogP contribution in [-0.4, -0.2) is 59.7 Å². The number of hydrogen-bond donors (Lipinski definition) is 1. The molecule has 0 spiro atoms. The van der Waals surface area contributed by atoms with Gasteiger partial charge in [-0.25, -0.2) is 19.2 Å². The molecule has 0 radical (unpaired) electrons. The van der Waals surface area contributed by atoms with Gasteiger partial charge in [-0.1, -0.05) is 0 Å². The highest BCUT2D eigenvalue weighted by atomic mass is 19.1. The molecule has 0 bridgehead atoms. The van der Waals surface area contributed by atoms with Gasteiger partial charge in [-0.2, -0.15) is 0 Å². The molecule has 2 aromatic rings. The second-order valence-corrected chi connectivity index (χ2v) is 6.29. The van der Waals surface area contributed by atoms with Crippen LogP contribution in [0.3, 0.4) is 0 Å². The van der Waals surface area contributed by atoms with Crippen LogP contribution >= 0.6 is 0 Å². The van der Waals surface area contributed by atoms with Gasteiger partial charge >= 0.3 is 6.09 Å². The molecule has 148 valence electrons. The number of piperazine rings is 1. The minimum Gasteiger partial charge on any atom is -0.450 e. The van der Waals surface area contributed by atoms with Gasteiger partial charge in [0.15, 0.2) is 0 Å². The Balaban J connectivity index is 1.69. The van der Waals surface area contributed by atoms with Crippen LogP contribution in [-0.2, 0) is 4.74 Å². The molecule has 9 heteroatoms. The largest absolute Gasteiger partial charge is 0.450 e. The first-order valence-electron chi connectivity index (χ1n) is 9.05. The average molecular weight is 387 g/mol. The van der Waals surface area contributed by atoms with E-state index in [0.717, 1.165) is 0 Å². The maximum atomic E-state index is 13.0. The molecule has 3 rings (SSSR count). The monoisotopic (exact) mass is 387 g/mol. The summed E-state index contributed by atoms with van der Waals surface area (Å²) in [6, 6.07) is 7.13. The lowest BCUT2D eigenvalue weighted by atomic mass is 10.2. The molecular formula is C19H22FN5O3. The van der Waals surface area contributed by atoms with Crippen molar-refractivity contribution in [2.75, 3.05) is 43.0 Å². The molecule has 1 aromatic carbocycles. The van der Waals surface area contributed by atoms with Crippen molar-refractivity contribution in [1.29, 1.82) is 0 Å². The summed E-state index contributed by atoms with van der Waals surface area (Å²) < 4.78 is 18.0. The number of hydrogen-bond acceptors (Lipinski definition) is 6. The Labute approximate surface area is 162 Å². The molecule has 1 aromatic heterocycles. The van der Waals surface area contributed by atoms with Crippen molar-refractivity contribution in [2.24, 2.45) is 0 Å². The van der Waals surface area contributed by atoms with Gasteiger partial charge in [0, 0.05) is 37.9 Å². The summed E-state index contributed by atoms with van der Waals surface area (Å²) >= 11 is 0. The van der Waals surface area contributed by atoms with E-state index in [1.807, 2.05) is 4.90 Å². The summed E-state index contributed by atoms with van der Waals surface area (Å²) in [4.78, 5) is 36.6. The van der Waals surface area contributed by atoms with E-state index < -0.39 is 5.91 Å². The number of nitrogens with one attached hydrogen (secondary N) is 1. The van der Waals surface area contributed by atoms with Gasteiger partial charge in [0.2, 0.25) is 0 Å². The van der Waals surface area contributed by atoms with E-state index >= 15 is 0 Å². The number of anilines is 2. The zero-order chi connectivity index (χ0) is 20.1. The van der Waals surface area contributed by atoms with Gasteiger partial charge in [-0.3, -0.25) is 4.79 Å². The van der Waals surface area contributed by atoms with E-state index in [1.165, 1.54) is 24.3 Å². The van der Waals surface area contributed by atoms with Crippen LogP contribution in [0.4, 0.5) is 20.7 Å². The molecule has 1 aliphatic rings. The van der Waals surface area contributed by atoms with Crippen molar-refractivity contribution < 1.29 is 18.7 Å². The molecule has 8 nitrogen and oxygen atoms in total. The molecule has 1 fully saturated rings. The summed E-state index contributed by atoms with van der Waals surface area (Å²) in [5.74, 6) is 0.318. The van der Waals surface area contributed by atoms with Gasteiger partial charge < -0.3 is 19.9 Å². The third kappa shape index (κ3) is 4.73. The van der Waals surface area contributed by atoms with Crippen molar-refractivity contribution in [3.63, 3.8) is 0 Å². The summed E-state index contributed by atoms with van der Waals surface area (Å²) in [5.41, 5.74) is 0.701. The third-order valence-corrected chi connectivity index (χ3v) is 4.29. The number of amides is 2. The Morgan fingerprint density at radius 1 is 1.14 bits per heavy atom. The average Bonchev–Trinajstić information content (AvgIpc) is 2.69. The SMILES string of the molecule is CCOC(=O)N1CCN(c2cc(C(=O)Nc3ccc(F)cc3)nc(C)n2)CC1. The van der Waals surface area contributed by atoms with Gasteiger partial charge in [0.1, 0.15) is 23.2 Å². The Bertz CT molecular complexity index is 851. The fourth-order valence-electron chi connectivity index (χ4n) is 2.89. The van der Waals surface area contributed by atoms with Crippen LogP contribution in [0.25, 0.3) is 0 Å². The highest BCUT2D eigenvalue weighted by Gasteiger charge is 2.23. The smallest absolute Gasteiger partial charge is 0.409 e. The quantitative estimate of drug-likeness (QED) is 0.867. The molecule has 28 heavy (non-hydrogen) atoms. The lowest BCUT2D eigenvalue weighted by Gasteiger charge is -2.34. The van der Waals surface area contributed by atoms with Crippen molar-refractivity contribution in [1.82, 2.24) is 14.9 Å². The maximum Gasteiger partial charge on any atom is 0.409 e. The molecule has 1 aliphatic heterocycles. The molecular weight excluding hydrogens is 365 g/mol. The second kappa shape index (κ2) is 8.64. The van der Waals surface area contributed by atoms with Gasteiger partial charge in [-0.15, -0.1) is 0 Å². The van der Waals surface area contributed by atoms with Crippen LogP contribution in [0, 0.1) is 12.7 Å². The van der Waals surface area contributed by atoms with E-state index in [0.29, 0.717) is 50.1 Å². The minimum absolute atomic E-state index is 0.222. The summed E-state index contributed by atoms with van der Waals surface area (Å²) in [5, 5.41) is 2.70. The summed E-state index contributed by atoms with van der Waals surface area (Å²) in [7, 11) is 0. The van der Waals surface area contributed by atoms with Crippen molar-refractivity contribution in [3.05, 3.63) is 47.7 Å². The number of ether oxygens (including phenoxy) is 1. The van der Waals surface area contributed by atoms with Crippen LogP contribution in [0.5, 0.6) is 0 Å². The zero-order valence-corrected chi connectivity index (χ0v) is 15.8. The zero-order valence-electron chi connectivity index (χ0n) is 15.8. The number of nitrogens with zero attached hydrogens (tertiary/aromatic N) is 4. The molecule has 2 amide bonds. The van der Waals surface area contributed by atoms with E-state index in [1.54, 1.807) is 24.8 Å². The van der Waals surface area contributed by atoms with Crippen LogP contribution in [0.15, 0.2) is 30.3 Å². The van der Waals surface area contributed by atoms with Crippen LogP contribution in [0.2, 0.25) is 0 Å². The first kappa shape index (κ1) is 19.5. The van der Waals surface area contributed by atoms with Crippen molar-refractivity contribution in [2.45, 2.75) is 13.8 Å². The predicted octanol–water partition coefficient (Wildman–Crippen LogP) is 2.45. The minimum atomic E-state index is -0.400. The van der Waals surface area contributed by atoms with Gasteiger partial charge in [-0.05, 0) is 38.1 Å². The molecule has 1 N–H and O–H groups in total. The standard InChI is InChI=1S/C19H22FN5O3/c1-3-28-19(27)25-10-8-24(9-11-25)17-12-16(21-13(2)22-17)18(26)23-15-6-4-14(20)5-7-15/h4-7,12H,3,8-11H2,1-2H3,(H,23,26).